The van der Waals surface area contributed by atoms with Gasteiger partial charge in [0.2, 0.25) is 5.88 Å². The minimum atomic E-state index is -0.183. The van der Waals surface area contributed by atoms with E-state index in [9.17, 15) is 4.79 Å². The number of hydrogen-bond donors (Lipinski definition) is 2. The number of benzene rings is 1. The molecule has 1 aliphatic rings. The van der Waals surface area contributed by atoms with Crippen molar-refractivity contribution in [2.24, 2.45) is 0 Å². The molecule has 1 saturated heterocycles. The summed E-state index contributed by atoms with van der Waals surface area (Å²) >= 11 is 0. The summed E-state index contributed by atoms with van der Waals surface area (Å²) in [5, 5.41) is 2.96. The van der Waals surface area contributed by atoms with E-state index in [4.69, 9.17) is 4.74 Å². The second-order valence-electron chi connectivity index (χ2n) is 7.13. The van der Waals surface area contributed by atoms with E-state index < -0.39 is 0 Å². The Labute approximate surface area is 164 Å². The van der Waals surface area contributed by atoms with Gasteiger partial charge in [-0.3, -0.25) is 4.79 Å². The largest absolute Gasteiger partial charge is 0.478 e. The van der Waals surface area contributed by atoms with Crippen molar-refractivity contribution >= 4 is 22.6 Å². The van der Waals surface area contributed by atoms with Crippen LogP contribution in [-0.4, -0.2) is 47.0 Å². The van der Waals surface area contributed by atoms with Crippen LogP contribution in [-0.2, 0) is 6.42 Å². The van der Waals surface area contributed by atoms with Crippen molar-refractivity contribution in [1.29, 1.82) is 0 Å². The van der Waals surface area contributed by atoms with Crippen molar-refractivity contribution < 1.29 is 9.53 Å². The van der Waals surface area contributed by atoms with Gasteiger partial charge < -0.3 is 19.9 Å². The van der Waals surface area contributed by atoms with E-state index in [1.54, 1.807) is 12.3 Å². The number of H-pyrrole nitrogens is 1. The molecule has 1 aliphatic heterocycles. The van der Waals surface area contributed by atoms with Crippen LogP contribution in [0, 0.1) is 0 Å². The molecule has 1 aromatic carbocycles. The lowest BCUT2D eigenvalue weighted by Gasteiger charge is -2.14. The predicted octanol–water partition coefficient (Wildman–Crippen LogP) is 3.85. The lowest BCUT2D eigenvalue weighted by Crippen LogP contribution is -2.21. The molecular formula is C22H26N4O2. The Morgan fingerprint density at radius 1 is 1.18 bits per heavy atom. The molecule has 6 heteroatoms. The molecular weight excluding hydrogens is 352 g/mol. The van der Waals surface area contributed by atoms with Gasteiger partial charge in [-0.15, -0.1) is 0 Å². The lowest BCUT2D eigenvalue weighted by atomic mass is 10.1. The molecule has 0 unspecified atom stereocenters. The van der Waals surface area contributed by atoms with Gasteiger partial charge in [0.15, 0.2) is 0 Å². The van der Waals surface area contributed by atoms with Crippen LogP contribution in [0.5, 0.6) is 5.88 Å². The van der Waals surface area contributed by atoms with Crippen LogP contribution >= 0.6 is 0 Å². The molecule has 0 aliphatic carbocycles. The van der Waals surface area contributed by atoms with Crippen LogP contribution in [0.15, 0.2) is 42.6 Å². The van der Waals surface area contributed by atoms with Crippen LogP contribution in [0.1, 0.15) is 35.7 Å². The van der Waals surface area contributed by atoms with Crippen molar-refractivity contribution in [3.63, 3.8) is 0 Å². The van der Waals surface area contributed by atoms with Gasteiger partial charge in [-0.05, 0) is 63.0 Å². The summed E-state index contributed by atoms with van der Waals surface area (Å²) in [5.74, 6) is 0.336. The highest BCUT2D eigenvalue weighted by Gasteiger charge is 2.15. The third kappa shape index (κ3) is 4.17. The zero-order chi connectivity index (χ0) is 19.3. The number of carbonyl (C=O) groups is 1. The molecule has 0 saturated carbocycles. The maximum absolute atomic E-state index is 12.7. The summed E-state index contributed by atoms with van der Waals surface area (Å²) in [6, 6.07) is 11.8. The van der Waals surface area contributed by atoms with Crippen molar-refractivity contribution in [2.45, 2.75) is 26.2 Å². The highest BCUT2D eigenvalue weighted by Crippen LogP contribution is 2.21. The molecule has 0 atom stereocenters. The van der Waals surface area contributed by atoms with E-state index in [1.807, 2.05) is 25.1 Å². The number of amides is 1. The number of rotatable bonds is 7. The SMILES string of the molecule is CCOc1ccc2[nH]cc(C(=O)Nc3ccc(CCN4CCCC4)cc3)c2n1. The number of carbonyl (C=O) groups excluding carboxylic acids is 1. The fourth-order valence-electron chi connectivity index (χ4n) is 3.63. The molecule has 3 aromatic rings. The van der Waals surface area contributed by atoms with E-state index in [0.717, 1.165) is 24.2 Å². The highest BCUT2D eigenvalue weighted by molar-refractivity contribution is 6.11. The van der Waals surface area contributed by atoms with E-state index in [2.05, 4.69) is 32.3 Å². The predicted molar refractivity (Wildman–Crippen MR) is 111 cm³/mol. The first-order valence-corrected chi connectivity index (χ1v) is 9.96. The monoisotopic (exact) mass is 378 g/mol. The van der Waals surface area contributed by atoms with E-state index in [-0.39, 0.29) is 5.91 Å². The topological polar surface area (TPSA) is 70.2 Å². The number of hydrogen-bond acceptors (Lipinski definition) is 4. The van der Waals surface area contributed by atoms with Gasteiger partial charge in [-0.1, -0.05) is 12.1 Å². The van der Waals surface area contributed by atoms with Gasteiger partial charge in [0.25, 0.3) is 5.91 Å². The molecule has 4 rings (SSSR count). The minimum absolute atomic E-state index is 0.183. The van der Waals surface area contributed by atoms with Crippen LogP contribution in [0.4, 0.5) is 5.69 Å². The highest BCUT2D eigenvalue weighted by atomic mass is 16.5. The second kappa shape index (κ2) is 8.44. The Balaban J connectivity index is 1.41. The zero-order valence-electron chi connectivity index (χ0n) is 16.2. The second-order valence-corrected chi connectivity index (χ2v) is 7.13. The summed E-state index contributed by atoms with van der Waals surface area (Å²) in [4.78, 5) is 22.8. The van der Waals surface area contributed by atoms with E-state index >= 15 is 0 Å². The molecule has 6 nitrogen and oxygen atoms in total. The molecule has 2 aromatic heterocycles. The Morgan fingerprint density at radius 3 is 2.71 bits per heavy atom. The summed E-state index contributed by atoms with van der Waals surface area (Å²) in [5.41, 5.74) is 4.01. The number of aromatic amines is 1. The molecule has 146 valence electrons. The summed E-state index contributed by atoms with van der Waals surface area (Å²) < 4.78 is 5.45. The van der Waals surface area contributed by atoms with Crippen molar-refractivity contribution in [1.82, 2.24) is 14.9 Å². The smallest absolute Gasteiger partial charge is 0.259 e. The molecule has 2 N–H and O–H groups in total. The fourth-order valence-corrected chi connectivity index (χ4v) is 3.63. The Kier molecular flexibility index (Phi) is 5.58. The number of aromatic nitrogens is 2. The molecule has 1 amide bonds. The van der Waals surface area contributed by atoms with Gasteiger partial charge in [-0.25, -0.2) is 4.98 Å². The number of anilines is 1. The summed E-state index contributed by atoms with van der Waals surface area (Å²) in [7, 11) is 0. The summed E-state index contributed by atoms with van der Waals surface area (Å²) in [6.07, 6.45) is 5.37. The third-order valence-electron chi connectivity index (χ3n) is 5.16. The molecule has 3 heterocycles. The molecule has 0 bridgehead atoms. The van der Waals surface area contributed by atoms with Gasteiger partial charge in [-0.2, -0.15) is 0 Å². The molecule has 0 radical (unpaired) electrons. The fraction of sp³-hybridized carbons (Fsp3) is 0.364. The number of nitrogens with zero attached hydrogens (tertiary/aromatic N) is 2. The molecule has 28 heavy (non-hydrogen) atoms. The first kappa shape index (κ1) is 18.5. The average molecular weight is 378 g/mol. The zero-order valence-corrected chi connectivity index (χ0v) is 16.2. The third-order valence-corrected chi connectivity index (χ3v) is 5.16. The van der Waals surface area contributed by atoms with Gasteiger partial charge in [0.05, 0.1) is 17.7 Å². The standard InChI is InChI=1S/C22H26N4O2/c1-2-28-20-10-9-19-21(25-20)18(15-23-19)22(27)24-17-7-5-16(6-8-17)11-14-26-12-3-4-13-26/h5-10,15,23H,2-4,11-14H2,1H3,(H,24,27). The lowest BCUT2D eigenvalue weighted by molar-refractivity contribution is 0.102. The number of pyridine rings is 1. The normalized spacial score (nSPS) is 14.5. The number of ether oxygens (including phenoxy) is 1. The Morgan fingerprint density at radius 2 is 1.96 bits per heavy atom. The van der Waals surface area contributed by atoms with Crippen molar-refractivity contribution in [3.05, 3.63) is 53.7 Å². The summed E-state index contributed by atoms with van der Waals surface area (Å²) in [6.45, 7) is 5.99. The molecule has 0 spiro atoms. The van der Waals surface area contributed by atoms with Crippen LogP contribution in [0.25, 0.3) is 11.0 Å². The minimum Gasteiger partial charge on any atom is -0.478 e. The average Bonchev–Trinajstić information content (AvgIpc) is 3.37. The van der Waals surface area contributed by atoms with Crippen LogP contribution < -0.4 is 10.1 Å². The van der Waals surface area contributed by atoms with Gasteiger partial charge in [0.1, 0.15) is 5.52 Å². The first-order valence-electron chi connectivity index (χ1n) is 9.96. The van der Waals surface area contributed by atoms with E-state index in [1.165, 1.54) is 31.5 Å². The molecule has 1 fully saturated rings. The quantitative estimate of drug-likeness (QED) is 0.655. The number of likely N-dealkylation sites (tertiary alicyclic amines) is 1. The van der Waals surface area contributed by atoms with E-state index in [0.29, 0.717) is 23.6 Å². The van der Waals surface area contributed by atoms with Crippen molar-refractivity contribution in [3.8, 4) is 5.88 Å². The first-order chi connectivity index (χ1) is 13.7. The van der Waals surface area contributed by atoms with Crippen LogP contribution in [0.2, 0.25) is 0 Å². The Hall–Kier alpha value is -2.86. The maximum atomic E-state index is 12.7. The van der Waals surface area contributed by atoms with Crippen molar-refractivity contribution in [2.75, 3.05) is 31.6 Å². The number of nitrogens with one attached hydrogen (secondary N) is 2. The van der Waals surface area contributed by atoms with Gasteiger partial charge in [0, 0.05) is 24.5 Å². The van der Waals surface area contributed by atoms with Crippen LogP contribution in [0.3, 0.4) is 0 Å². The Bertz CT molecular complexity index is 943. The maximum Gasteiger partial charge on any atom is 0.259 e. The number of fused-ring (bicyclic) bond motifs is 1. The van der Waals surface area contributed by atoms with Gasteiger partial charge >= 0.3 is 0 Å².